The maximum Gasteiger partial charge on any atom is 0.346 e. The molecule has 11 rings (SSSR count). The molecular formula is C38H46O12S. The Balaban J connectivity index is 1.26. The summed E-state index contributed by atoms with van der Waals surface area (Å²) in [5.74, 6) is -6.87. The Hall–Kier alpha value is -2.74. The first-order valence-electron chi connectivity index (χ1n) is 18.5. The van der Waals surface area contributed by atoms with E-state index >= 15 is 0 Å². The van der Waals surface area contributed by atoms with Crippen LogP contribution in [0.1, 0.15) is 86.5 Å². The highest BCUT2D eigenvalue weighted by atomic mass is 32.2. The number of Topliss-reactive ketones (excluding diaryl/α,β-unsaturated/α-hetero) is 3. The van der Waals surface area contributed by atoms with Crippen molar-refractivity contribution in [2.45, 2.75) is 137 Å². The molecule has 11 aliphatic rings. The molecule has 0 aromatic rings. The Morgan fingerprint density at radius 3 is 2.18 bits per heavy atom. The van der Waals surface area contributed by atoms with E-state index in [-0.39, 0.29) is 84.6 Å². The van der Waals surface area contributed by atoms with E-state index in [0.29, 0.717) is 6.42 Å². The van der Waals surface area contributed by atoms with Gasteiger partial charge in [0.15, 0.2) is 28.3 Å². The Bertz CT molecular complexity index is 1790. The molecule has 0 aromatic carbocycles. The largest absolute Gasteiger partial charge is 0.512 e. The average Bonchev–Trinajstić information content (AvgIpc) is 3.53. The molecule has 51 heavy (non-hydrogen) atoms. The van der Waals surface area contributed by atoms with Gasteiger partial charge in [-0.05, 0) is 39.0 Å². The van der Waals surface area contributed by atoms with Gasteiger partial charge in [0.1, 0.15) is 40.2 Å². The summed E-state index contributed by atoms with van der Waals surface area (Å²) >= 11 is 1.29. The van der Waals surface area contributed by atoms with E-state index in [0.717, 1.165) is 0 Å². The lowest BCUT2D eigenvalue weighted by Crippen LogP contribution is -2.76. The van der Waals surface area contributed by atoms with E-state index in [2.05, 4.69) is 0 Å². The normalized spacial score (nSPS) is 55.5. The molecule has 5 aliphatic carbocycles. The highest BCUT2D eigenvalue weighted by Crippen LogP contribution is 2.75. The van der Waals surface area contributed by atoms with Gasteiger partial charge in [-0.2, -0.15) is 11.8 Å². The molecule has 6 heterocycles. The van der Waals surface area contributed by atoms with Crippen molar-refractivity contribution in [3.63, 3.8) is 0 Å². The van der Waals surface area contributed by atoms with Gasteiger partial charge in [-0.1, -0.05) is 27.7 Å². The zero-order chi connectivity index (χ0) is 36.5. The summed E-state index contributed by atoms with van der Waals surface area (Å²) in [6.45, 7) is 10.9. The molecule has 13 heteroatoms. The van der Waals surface area contributed by atoms with Crippen LogP contribution in [-0.4, -0.2) is 95.3 Å². The first kappa shape index (κ1) is 34.1. The van der Waals surface area contributed by atoms with Crippen molar-refractivity contribution >= 4 is 41.1 Å². The van der Waals surface area contributed by atoms with Crippen LogP contribution >= 0.6 is 11.8 Å². The number of hydrogen-bond acceptors (Lipinski definition) is 13. The Labute approximate surface area is 300 Å². The van der Waals surface area contributed by atoms with Crippen LogP contribution in [0.2, 0.25) is 0 Å². The Morgan fingerprint density at radius 2 is 1.45 bits per heavy atom. The molecule has 276 valence electrons. The summed E-state index contributed by atoms with van der Waals surface area (Å²) in [5.41, 5.74) is -7.33. The summed E-state index contributed by atoms with van der Waals surface area (Å²) in [6, 6.07) is 0. The quantitative estimate of drug-likeness (QED) is 0.279. The fourth-order valence-electron chi connectivity index (χ4n) is 12.0. The van der Waals surface area contributed by atoms with Gasteiger partial charge < -0.3 is 34.3 Å². The Morgan fingerprint density at radius 1 is 0.784 bits per heavy atom. The molecule has 8 fully saturated rings. The molecule has 12 nitrogen and oxygen atoms in total. The number of carbonyl (C=O) groups is 5. The lowest BCUT2D eigenvalue weighted by molar-refractivity contribution is -0.340. The van der Waals surface area contributed by atoms with E-state index in [1.165, 1.54) is 11.8 Å². The van der Waals surface area contributed by atoms with Gasteiger partial charge in [-0.3, -0.25) is 14.4 Å². The van der Waals surface area contributed by atoms with E-state index < -0.39 is 98.0 Å². The van der Waals surface area contributed by atoms with Crippen molar-refractivity contribution in [1.82, 2.24) is 0 Å². The summed E-state index contributed by atoms with van der Waals surface area (Å²) in [7, 11) is 0. The van der Waals surface area contributed by atoms with Gasteiger partial charge in [0.05, 0.1) is 17.6 Å². The zero-order valence-corrected chi connectivity index (χ0v) is 30.5. The number of aliphatic hydroxyl groups excluding tert-OH is 3. The second-order valence-electron chi connectivity index (χ2n) is 17.5. The fourth-order valence-corrected chi connectivity index (χ4v) is 14.3. The van der Waals surface area contributed by atoms with Gasteiger partial charge in [0.2, 0.25) is 0 Å². The van der Waals surface area contributed by atoms with Crippen molar-refractivity contribution in [3.05, 3.63) is 22.7 Å². The number of thioether (sulfide) groups is 1. The monoisotopic (exact) mass is 726 g/mol. The van der Waals surface area contributed by atoms with Crippen LogP contribution in [0.5, 0.6) is 0 Å². The third kappa shape index (κ3) is 3.72. The molecule has 16 atom stereocenters. The molecule has 0 aromatic heterocycles. The zero-order valence-electron chi connectivity index (χ0n) is 29.7. The van der Waals surface area contributed by atoms with Crippen molar-refractivity contribution < 1.29 is 58.2 Å². The predicted octanol–water partition coefficient (Wildman–Crippen LogP) is 3.05. The van der Waals surface area contributed by atoms with E-state index in [4.69, 9.17) is 18.9 Å². The minimum Gasteiger partial charge on any atom is -0.512 e. The fraction of sp³-hybridized carbons (Fsp3) is 0.763. The minimum atomic E-state index is -1.68. The van der Waals surface area contributed by atoms with Gasteiger partial charge in [-0.25, -0.2) is 9.59 Å². The van der Waals surface area contributed by atoms with Crippen LogP contribution in [0, 0.1) is 41.4 Å². The summed E-state index contributed by atoms with van der Waals surface area (Å²) < 4.78 is 26.0. The van der Waals surface area contributed by atoms with Gasteiger partial charge in [-0.15, -0.1) is 0 Å². The lowest BCUT2D eigenvalue weighted by Gasteiger charge is -2.63. The first-order valence-corrected chi connectivity index (χ1v) is 19.5. The number of rotatable bonds is 2. The van der Waals surface area contributed by atoms with Crippen LogP contribution in [0.4, 0.5) is 0 Å². The molecule has 3 N–H and O–H groups in total. The second-order valence-corrected chi connectivity index (χ2v) is 19.0. The van der Waals surface area contributed by atoms with E-state index in [9.17, 15) is 39.3 Å². The van der Waals surface area contributed by atoms with Crippen LogP contribution in [0.25, 0.3) is 0 Å². The number of hydrogen-bond donors (Lipinski definition) is 3. The smallest absolute Gasteiger partial charge is 0.346 e. The number of allylic oxidation sites excluding steroid dienone is 1. The number of ether oxygens (including phenoxy) is 4. The average molecular weight is 727 g/mol. The number of fused-ring (bicyclic) bond motifs is 2. The van der Waals surface area contributed by atoms with Crippen molar-refractivity contribution in [1.29, 1.82) is 0 Å². The summed E-state index contributed by atoms with van der Waals surface area (Å²) in [4.78, 5) is 70.1. The number of ketones is 3. The standard InChI is InChI=1S/C38H46O12S/c1-14-7-9-18(39)22-31-36(48-32(22)45)12-16(3)34(5,47-31)29(43)24(36)21(11-20(14)41)51-28-25-27(42)15(2)8-10-19(40)23-33(46)49-37-13-17(4)35(6,30(44)26(28)37)50-38(23,25)37/h14-17,21,24-26,28-30,40,43-44H,7-13H2,1-6H3/b23-19+/t14-,15-,16-,17-,21+,24-,25+,26-,28+,29-,30-,34-,35-,36-,37-,38-/m0/s1. The molecule has 0 unspecified atom stereocenters. The third-order valence-corrected chi connectivity index (χ3v) is 16.9. The SMILES string of the molecule is C[C@H]1CCC(=O)C2=C3O[C@@]4(C)[C@@H](C)C[C@]3(OC2=O)[C@@H]([C@H](S[C@H]2[C@H]3[C@H](O)[C@@]5(C)O[C@@]67/C(=C(/O)CC[C@H](C)C(=O)[C@H]26)C(=O)O[C@@]37C[C@@H]5C)CC1=O)[C@@H]4O. The highest BCUT2D eigenvalue weighted by Gasteiger charge is 2.89. The summed E-state index contributed by atoms with van der Waals surface area (Å²) in [5, 5.41) is 34.6. The second kappa shape index (κ2) is 10.3. The molecule has 3 spiro atoms. The van der Waals surface area contributed by atoms with Crippen molar-refractivity contribution in [2.24, 2.45) is 41.4 Å². The Kier molecular flexibility index (Phi) is 6.85. The minimum absolute atomic E-state index is 0.0496. The van der Waals surface area contributed by atoms with E-state index in [1.54, 1.807) is 27.7 Å². The maximum absolute atomic E-state index is 14.9. The molecule has 6 aliphatic heterocycles. The van der Waals surface area contributed by atoms with Crippen molar-refractivity contribution in [3.8, 4) is 0 Å². The molecule has 9 bridgehead atoms. The van der Waals surface area contributed by atoms with Gasteiger partial charge >= 0.3 is 11.9 Å². The van der Waals surface area contributed by atoms with Gasteiger partial charge in [0, 0.05) is 65.8 Å². The van der Waals surface area contributed by atoms with Gasteiger partial charge in [0.25, 0.3) is 0 Å². The molecular weight excluding hydrogens is 680 g/mol. The number of esters is 2. The molecule has 3 saturated carbocycles. The topological polar surface area (TPSA) is 183 Å². The van der Waals surface area contributed by atoms with E-state index in [1.807, 2.05) is 13.8 Å². The lowest BCUT2D eigenvalue weighted by atomic mass is 9.56. The first-order chi connectivity index (χ1) is 23.9. The molecule has 0 amide bonds. The van der Waals surface area contributed by atoms with Crippen LogP contribution in [0.15, 0.2) is 22.7 Å². The maximum atomic E-state index is 14.9. The van der Waals surface area contributed by atoms with Crippen LogP contribution in [-0.2, 0) is 42.9 Å². The van der Waals surface area contributed by atoms with Crippen LogP contribution in [0.3, 0.4) is 0 Å². The summed E-state index contributed by atoms with van der Waals surface area (Å²) in [6.07, 6.45) is -1.43. The molecule has 5 saturated heterocycles. The predicted molar refractivity (Wildman–Crippen MR) is 178 cm³/mol. The highest BCUT2D eigenvalue weighted by molar-refractivity contribution is 8.00. The van der Waals surface area contributed by atoms with Crippen LogP contribution < -0.4 is 0 Å². The number of aliphatic hydroxyl groups is 3. The molecule has 0 radical (unpaired) electrons. The number of carbonyl (C=O) groups excluding carboxylic acids is 5. The third-order valence-electron chi connectivity index (χ3n) is 15.2. The van der Waals surface area contributed by atoms with Crippen molar-refractivity contribution in [2.75, 3.05) is 0 Å².